The molecule has 0 aliphatic rings. The number of benzene rings is 2. The molecule has 2 aromatic rings. The van der Waals surface area contributed by atoms with Gasteiger partial charge >= 0.3 is 0 Å². The first-order valence-corrected chi connectivity index (χ1v) is 12.3. The molecule has 7 nitrogen and oxygen atoms in total. The Labute approximate surface area is 208 Å². The number of nitriles is 1. The third-order valence-electron chi connectivity index (χ3n) is 5.83. The minimum absolute atomic E-state index is 0.0968. The number of hydrogen-bond acceptors (Lipinski definition) is 5. The number of amides is 2. The maximum Gasteiger partial charge on any atom is 0.253 e. The van der Waals surface area contributed by atoms with Gasteiger partial charge in [-0.1, -0.05) is 44.2 Å². The fraction of sp³-hybridized carbons (Fsp3) is 0.464. The molecule has 35 heavy (non-hydrogen) atoms. The van der Waals surface area contributed by atoms with E-state index in [4.69, 9.17) is 5.26 Å². The number of aliphatic hydroxyl groups excluding tert-OH is 2. The van der Waals surface area contributed by atoms with Crippen LogP contribution in [0, 0.1) is 18.3 Å². The Morgan fingerprint density at radius 2 is 1.66 bits per heavy atom. The molecule has 3 unspecified atom stereocenters. The van der Waals surface area contributed by atoms with Crippen LogP contribution in [-0.4, -0.2) is 58.3 Å². The fourth-order valence-corrected chi connectivity index (χ4v) is 4.10. The summed E-state index contributed by atoms with van der Waals surface area (Å²) in [6.07, 6.45) is -0.226. The van der Waals surface area contributed by atoms with E-state index in [9.17, 15) is 19.8 Å². The Balaban J connectivity index is 2.29. The van der Waals surface area contributed by atoms with Crippen molar-refractivity contribution in [1.82, 2.24) is 10.2 Å². The largest absolute Gasteiger partial charge is 0.390 e. The molecule has 0 bridgehead atoms. The predicted molar refractivity (Wildman–Crippen MR) is 136 cm³/mol. The fourth-order valence-electron chi connectivity index (χ4n) is 4.10. The van der Waals surface area contributed by atoms with Gasteiger partial charge in [-0.15, -0.1) is 0 Å². The summed E-state index contributed by atoms with van der Waals surface area (Å²) >= 11 is 0. The number of aryl methyl sites for hydroxylation is 1. The van der Waals surface area contributed by atoms with Gasteiger partial charge in [0.25, 0.3) is 11.8 Å². The van der Waals surface area contributed by atoms with Gasteiger partial charge in [-0.3, -0.25) is 9.59 Å². The molecule has 0 saturated heterocycles. The summed E-state index contributed by atoms with van der Waals surface area (Å²) in [4.78, 5) is 28.2. The lowest BCUT2D eigenvalue weighted by Crippen LogP contribution is -2.49. The normalized spacial score (nSPS) is 13.4. The molecule has 3 N–H and O–H groups in total. The summed E-state index contributed by atoms with van der Waals surface area (Å²) in [6, 6.07) is 15.6. The summed E-state index contributed by atoms with van der Waals surface area (Å²) < 4.78 is 0. The van der Waals surface area contributed by atoms with Crippen molar-refractivity contribution in [2.75, 3.05) is 13.1 Å². The van der Waals surface area contributed by atoms with E-state index in [1.165, 1.54) is 0 Å². The molecule has 7 heteroatoms. The first kappa shape index (κ1) is 28.0. The second-order valence-corrected chi connectivity index (χ2v) is 8.90. The van der Waals surface area contributed by atoms with Gasteiger partial charge in [0, 0.05) is 30.6 Å². The van der Waals surface area contributed by atoms with Crippen LogP contribution in [0.5, 0.6) is 0 Å². The number of nitrogens with one attached hydrogen (secondary N) is 1. The molecule has 0 aliphatic heterocycles. The van der Waals surface area contributed by atoms with Crippen molar-refractivity contribution in [3.05, 3.63) is 70.8 Å². The van der Waals surface area contributed by atoms with Crippen LogP contribution >= 0.6 is 0 Å². The average molecular weight is 480 g/mol. The molecule has 0 saturated carbocycles. The number of carbonyl (C=O) groups excluding carboxylic acids is 2. The molecule has 0 spiro atoms. The highest BCUT2D eigenvalue weighted by Crippen LogP contribution is 2.16. The number of rotatable bonds is 13. The van der Waals surface area contributed by atoms with Gasteiger partial charge in [-0.25, -0.2) is 0 Å². The van der Waals surface area contributed by atoms with Crippen molar-refractivity contribution in [2.24, 2.45) is 0 Å². The van der Waals surface area contributed by atoms with Gasteiger partial charge in [-0.2, -0.15) is 5.26 Å². The standard InChI is InChI=1S/C28H37N3O4/c1-4-14-31(15-5-2)28(35)23-17-20(3)16-22(19-23)27(34)30-24(18-21-10-7-6-8-11-21)26(33)25(32)12-9-13-29/h6-8,10-11,16-17,19,24-26,32-33H,4-5,9,12,14-15,18H2,1-3H3,(H,30,34). The second kappa shape index (κ2) is 14.2. The van der Waals surface area contributed by atoms with E-state index in [2.05, 4.69) is 5.32 Å². The van der Waals surface area contributed by atoms with Crippen molar-refractivity contribution in [1.29, 1.82) is 5.26 Å². The SMILES string of the molecule is CCCN(CCC)C(=O)c1cc(C)cc(C(=O)NC(Cc2ccccc2)C(O)C(O)CCC#N)c1. The molecule has 2 rings (SSSR count). The van der Waals surface area contributed by atoms with E-state index in [1.54, 1.807) is 23.1 Å². The molecule has 3 atom stereocenters. The zero-order chi connectivity index (χ0) is 25.8. The number of aliphatic hydroxyl groups is 2. The molecule has 0 fully saturated rings. The van der Waals surface area contributed by atoms with E-state index in [0.29, 0.717) is 30.6 Å². The molecular weight excluding hydrogens is 442 g/mol. The Morgan fingerprint density at radius 3 is 2.26 bits per heavy atom. The second-order valence-electron chi connectivity index (χ2n) is 8.90. The highest BCUT2D eigenvalue weighted by molar-refractivity contribution is 6.00. The van der Waals surface area contributed by atoms with Gasteiger partial charge in [0.2, 0.25) is 0 Å². The first-order valence-electron chi connectivity index (χ1n) is 12.3. The maximum absolute atomic E-state index is 13.3. The smallest absolute Gasteiger partial charge is 0.253 e. The minimum Gasteiger partial charge on any atom is -0.390 e. The van der Waals surface area contributed by atoms with Gasteiger partial charge in [-0.05, 0) is 61.9 Å². The highest BCUT2D eigenvalue weighted by Gasteiger charge is 2.28. The molecule has 2 aromatic carbocycles. The summed E-state index contributed by atoms with van der Waals surface area (Å²) in [5.41, 5.74) is 2.44. The number of nitrogens with zero attached hydrogens (tertiary/aromatic N) is 2. The van der Waals surface area contributed by atoms with Crippen LogP contribution in [0.1, 0.15) is 71.4 Å². The number of carbonyl (C=O) groups is 2. The summed E-state index contributed by atoms with van der Waals surface area (Å²) in [5.74, 6) is -0.549. The third-order valence-corrected chi connectivity index (χ3v) is 5.83. The lowest BCUT2D eigenvalue weighted by Gasteiger charge is -2.28. The van der Waals surface area contributed by atoms with Crippen molar-refractivity contribution in [3.8, 4) is 6.07 Å². The van der Waals surface area contributed by atoms with Gasteiger partial charge in [0.1, 0.15) is 6.10 Å². The third kappa shape index (κ3) is 8.50. The zero-order valence-corrected chi connectivity index (χ0v) is 20.9. The summed E-state index contributed by atoms with van der Waals surface area (Å²) in [7, 11) is 0. The molecule has 0 aliphatic carbocycles. The molecule has 2 amide bonds. The van der Waals surface area contributed by atoms with Crippen LogP contribution in [0.15, 0.2) is 48.5 Å². The minimum atomic E-state index is -1.26. The molecule has 0 aromatic heterocycles. The van der Waals surface area contributed by atoms with Gasteiger partial charge < -0.3 is 20.4 Å². The van der Waals surface area contributed by atoms with Crippen LogP contribution in [-0.2, 0) is 6.42 Å². The van der Waals surface area contributed by atoms with E-state index in [1.807, 2.05) is 57.2 Å². The lowest BCUT2D eigenvalue weighted by molar-refractivity contribution is -0.00642. The predicted octanol–water partition coefficient (Wildman–Crippen LogP) is 3.62. The molecule has 0 radical (unpaired) electrons. The first-order chi connectivity index (χ1) is 16.8. The van der Waals surface area contributed by atoms with Crippen molar-refractivity contribution < 1.29 is 19.8 Å². The summed E-state index contributed by atoms with van der Waals surface area (Å²) in [6.45, 7) is 7.17. The van der Waals surface area contributed by atoms with Crippen molar-refractivity contribution in [3.63, 3.8) is 0 Å². The van der Waals surface area contributed by atoms with Crippen LogP contribution in [0.25, 0.3) is 0 Å². The van der Waals surface area contributed by atoms with Crippen molar-refractivity contribution >= 4 is 11.8 Å². The van der Waals surface area contributed by atoms with Crippen molar-refractivity contribution in [2.45, 2.75) is 71.1 Å². The lowest BCUT2D eigenvalue weighted by atomic mass is 9.95. The molecule has 188 valence electrons. The highest BCUT2D eigenvalue weighted by atomic mass is 16.3. The van der Waals surface area contributed by atoms with Crippen LogP contribution in [0.4, 0.5) is 0 Å². The Hall–Kier alpha value is -3.21. The van der Waals surface area contributed by atoms with Crippen LogP contribution in [0.2, 0.25) is 0 Å². The summed E-state index contributed by atoms with van der Waals surface area (Å²) in [5, 5.41) is 32.9. The van der Waals surface area contributed by atoms with E-state index >= 15 is 0 Å². The van der Waals surface area contributed by atoms with Crippen LogP contribution in [0.3, 0.4) is 0 Å². The number of hydrogen-bond donors (Lipinski definition) is 3. The van der Waals surface area contributed by atoms with E-state index in [-0.39, 0.29) is 18.7 Å². The van der Waals surface area contributed by atoms with E-state index in [0.717, 1.165) is 24.0 Å². The van der Waals surface area contributed by atoms with Gasteiger partial charge in [0.05, 0.1) is 18.2 Å². The Bertz CT molecular complexity index is 997. The maximum atomic E-state index is 13.3. The van der Waals surface area contributed by atoms with Crippen LogP contribution < -0.4 is 5.32 Å². The van der Waals surface area contributed by atoms with E-state index < -0.39 is 24.2 Å². The average Bonchev–Trinajstić information content (AvgIpc) is 2.86. The topological polar surface area (TPSA) is 114 Å². The molecule has 0 heterocycles. The monoisotopic (exact) mass is 479 g/mol. The molecular formula is C28H37N3O4. The van der Waals surface area contributed by atoms with Gasteiger partial charge in [0.15, 0.2) is 0 Å². The zero-order valence-electron chi connectivity index (χ0n) is 20.9. The quantitative estimate of drug-likeness (QED) is 0.406. The Kier molecular flexibility index (Phi) is 11.4. The Morgan fingerprint density at radius 1 is 1.03 bits per heavy atom.